The number of hydrogen-bond acceptors (Lipinski definition) is 4. The van der Waals surface area contributed by atoms with Gasteiger partial charge in [-0.3, -0.25) is 9.59 Å². The summed E-state index contributed by atoms with van der Waals surface area (Å²) in [5, 5.41) is 4.41. The summed E-state index contributed by atoms with van der Waals surface area (Å²) in [6.07, 6.45) is 13.7. The van der Waals surface area contributed by atoms with E-state index in [9.17, 15) is 9.59 Å². The average molecular weight is 336 g/mol. The predicted molar refractivity (Wildman–Crippen MR) is 93.4 cm³/mol. The molecule has 2 heterocycles. The summed E-state index contributed by atoms with van der Waals surface area (Å²) >= 11 is 1.79. The Kier molecular flexibility index (Phi) is 8.37. The van der Waals surface area contributed by atoms with Gasteiger partial charge >= 0.3 is 11.9 Å². The fraction of sp³-hybridized carbons (Fsp3) is 0.684. The number of carbonyl (C=O) groups is 2. The minimum atomic E-state index is -0.348. The first-order valence-electron chi connectivity index (χ1n) is 9.01. The van der Waals surface area contributed by atoms with Crippen molar-refractivity contribution in [2.45, 2.75) is 77.0 Å². The van der Waals surface area contributed by atoms with Crippen LogP contribution in [-0.4, -0.2) is 11.9 Å². The van der Waals surface area contributed by atoms with E-state index in [0.29, 0.717) is 6.42 Å². The molecule has 1 aromatic heterocycles. The van der Waals surface area contributed by atoms with E-state index >= 15 is 0 Å². The number of ether oxygens (including phenoxy) is 1. The Morgan fingerprint density at radius 1 is 0.957 bits per heavy atom. The second kappa shape index (κ2) is 10.6. The van der Waals surface area contributed by atoms with Gasteiger partial charge in [-0.05, 0) is 41.7 Å². The fourth-order valence-corrected chi connectivity index (χ4v) is 3.84. The summed E-state index contributed by atoms with van der Waals surface area (Å²) in [5.41, 5.74) is 1.49. The molecule has 0 radical (unpaired) electrons. The Bertz CT molecular complexity index is 467. The fourth-order valence-electron chi connectivity index (χ4n) is 3.13. The largest absolute Gasteiger partial charge is 0.393 e. The first-order chi connectivity index (χ1) is 11.3. The maximum Gasteiger partial charge on any atom is 0.317 e. The van der Waals surface area contributed by atoms with Gasteiger partial charge < -0.3 is 4.74 Å². The number of aryl methyl sites for hydroxylation is 1. The molecule has 0 amide bonds. The lowest BCUT2D eigenvalue weighted by atomic mass is 9.98. The van der Waals surface area contributed by atoms with E-state index < -0.39 is 0 Å². The second-order valence-corrected chi connectivity index (χ2v) is 7.33. The van der Waals surface area contributed by atoms with E-state index in [1.54, 1.807) is 11.3 Å². The molecule has 0 N–H and O–H groups in total. The van der Waals surface area contributed by atoms with Gasteiger partial charge in [0.05, 0.1) is 12.3 Å². The lowest BCUT2D eigenvalue weighted by molar-refractivity contribution is -0.153. The molecule has 4 heteroatoms. The number of hydrogen-bond donors (Lipinski definition) is 0. The molecule has 0 aliphatic carbocycles. The Labute approximate surface area is 143 Å². The van der Waals surface area contributed by atoms with Gasteiger partial charge in [-0.15, -0.1) is 0 Å². The summed E-state index contributed by atoms with van der Waals surface area (Å²) in [6.45, 7) is 0. The van der Waals surface area contributed by atoms with Crippen LogP contribution in [0.25, 0.3) is 0 Å². The predicted octanol–water partition coefficient (Wildman–Crippen LogP) is 5.28. The normalized spacial score (nSPS) is 17.7. The van der Waals surface area contributed by atoms with E-state index in [1.807, 2.05) is 0 Å². The molecule has 2 rings (SSSR count). The molecular weight excluding hydrogens is 308 g/mol. The lowest BCUT2D eigenvalue weighted by Crippen LogP contribution is -2.06. The molecular formula is C19H28O3S. The number of carbonyl (C=O) groups excluding carboxylic acids is 2. The molecule has 1 aliphatic rings. The van der Waals surface area contributed by atoms with Gasteiger partial charge in [0, 0.05) is 0 Å². The van der Waals surface area contributed by atoms with Crippen molar-refractivity contribution in [1.82, 2.24) is 0 Å². The van der Waals surface area contributed by atoms with Crippen LogP contribution in [0.5, 0.6) is 0 Å². The summed E-state index contributed by atoms with van der Waals surface area (Å²) in [7, 11) is 0. The van der Waals surface area contributed by atoms with Crippen molar-refractivity contribution >= 4 is 23.3 Å². The van der Waals surface area contributed by atoms with Crippen molar-refractivity contribution in [2.24, 2.45) is 5.92 Å². The molecule has 0 aromatic carbocycles. The van der Waals surface area contributed by atoms with Crippen molar-refractivity contribution in [1.29, 1.82) is 0 Å². The summed E-state index contributed by atoms with van der Waals surface area (Å²) < 4.78 is 4.56. The van der Waals surface area contributed by atoms with Crippen molar-refractivity contribution in [3.05, 3.63) is 22.4 Å². The van der Waals surface area contributed by atoms with Crippen LogP contribution < -0.4 is 0 Å². The van der Waals surface area contributed by atoms with E-state index in [-0.39, 0.29) is 17.9 Å². The molecule has 0 spiro atoms. The van der Waals surface area contributed by atoms with Crippen molar-refractivity contribution in [2.75, 3.05) is 0 Å². The summed E-state index contributed by atoms with van der Waals surface area (Å²) in [6, 6.07) is 2.23. The minimum absolute atomic E-state index is 0.161. The van der Waals surface area contributed by atoms with Crippen LogP contribution in [0, 0.1) is 5.92 Å². The van der Waals surface area contributed by atoms with Crippen LogP contribution in [0.3, 0.4) is 0 Å². The zero-order chi connectivity index (χ0) is 16.3. The topological polar surface area (TPSA) is 43.4 Å². The van der Waals surface area contributed by atoms with E-state index in [0.717, 1.165) is 19.3 Å². The van der Waals surface area contributed by atoms with Gasteiger partial charge in [-0.25, -0.2) is 0 Å². The molecule has 0 bridgehead atoms. The quantitative estimate of drug-likeness (QED) is 0.296. The highest BCUT2D eigenvalue weighted by atomic mass is 32.1. The van der Waals surface area contributed by atoms with E-state index in [2.05, 4.69) is 21.6 Å². The smallest absolute Gasteiger partial charge is 0.317 e. The number of thiophene rings is 1. The Balaban J connectivity index is 1.33. The molecule has 1 unspecified atom stereocenters. The number of esters is 2. The number of rotatable bonds is 12. The summed E-state index contributed by atoms with van der Waals surface area (Å²) in [4.78, 5) is 22.3. The Morgan fingerprint density at radius 2 is 1.61 bits per heavy atom. The highest BCUT2D eigenvalue weighted by Crippen LogP contribution is 2.22. The molecule has 1 saturated heterocycles. The SMILES string of the molecule is O=C1CC(CCCCCCCCCCCc2ccsc2)C(=O)O1. The number of unbranched alkanes of at least 4 members (excludes halogenated alkanes) is 8. The van der Waals surface area contributed by atoms with Gasteiger partial charge in [0.2, 0.25) is 0 Å². The zero-order valence-electron chi connectivity index (χ0n) is 13.9. The molecule has 1 aliphatic heterocycles. The average Bonchev–Trinajstić information content (AvgIpc) is 3.14. The van der Waals surface area contributed by atoms with E-state index in [4.69, 9.17) is 0 Å². The standard InChI is InChI=1S/C19H28O3S/c20-18-14-17(19(21)22-18)11-9-7-5-3-1-2-4-6-8-10-16-12-13-23-15-16/h12-13,15,17H,1-11,14H2. The first kappa shape index (κ1) is 18.2. The van der Waals surface area contributed by atoms with Crippen molar-refractivity contribution in [3.8, 4) is 0 Å². The van der Waals surface area contributed by atoms with E-state index in [1.165, 1.54) is 56.9 Å². The van der Waals surface area contributed by atoms with Gasteiger partial charge in [0.1, 0.15) is 0 Å². The van der Waals surface area contributed by atoms with Crippen molar-refractivity contribution in [3.63, 3.8) is 0 Å². The molecule has 1 aromatic rings. The third kappa shape index (κ3) is 7.30. The highest BCUT2D eigenvalue weighted by Gasteiger charge is 2.32. The lowest BCUT2D eigenvalue weighted by Gasteiger charge is -2.05. The molecule has 1 atom stereocenters. The van der Waals surface area contributed by atoms with Crippen LogP contribution in [0.2, 0.25) is 0 Å². The van der Waals surface area contributed by atoms with Crippen LogP contribution in [0.4, 0.5) is 0 Å². The van der Waals surface area contributed by atoms with Gasteiger partial charge in [0.15, 0.2) is 0 Å². The molecule has 128 valence electrons. The maximum absolute atomic E-state index is 11.3. The van der Waals surface area contributed by atoms with Crippen LogP contribution in [0.15, 0.2) is 16.8 Å². The first-order valence-corrected chi connectivity index (χ1v) is 9.95. The minimum Gasteiger partial charge on any atom is -0.393 e. The molecule has 3 nitrogen and oxygen atoms in total. The van der Waals surface area contributed by atoms with Crippen LogP contribution >= 0.6 is 11.3 Å². The van der Waals surface area contributed by atoms with Crippen LogP contribution in [-0.2, 0) is 20.7 Å². The zero-order valence-corrected chi connectivity index (χ0v) is 14.7. The Hall–Kier alpha value is -1.16. The van der Waals surface area contributed by atoms with Gasteiger partial charge in [-0.1, -0.05) is 51.4 Å². The van der Waals surface area contributed by atoms with Crippen molar-refractivity contribution < 1.29 is 14.3 Å². The molecule has 23 heavy (non-hydrogen) atoms. The summed E-state index contributed by atoms with van der Waals surface area (Å²) in [5.74, 6) is -0.817. The molecule has 0 saturated carbocycles. The van der Waals surface area contributed by atoms with Crippen LogP contribution in [0.1, 0.15) is 76.2 Å². The monoisotopic (exact) mass is 336 g/mol. The third-order valence-corrected chi connectivity index (χ3v) is 5.29. The number of cyclic esters (lactones) is 2. The molecule has 1 fully saturated rings. The Morgan fingerprint density at radius 3 is 2.17 bits per heavy atom. The maximum atomic E-state index is 11.3. The highest BCUT2D eigenvalue weighted by molar-refractivity contribution is 7.07. The van der Waals surface area contributed by atoms with Gasteiger partial charge in [0.25, 0.3) is 0 Å². The third-order valence-electron chi connectivity index (χ3n) is 4.56. The second-order valence-electron chi connectivity index (χ2n) is 6.55. The van der Waals surface area contributed by atoms with Gasteiger partial charge in [-0.2, -0.15) is 11.3 Å².